The predicted molar refractivity (Wildman–Crippen MR) is 65.8 cm³/mol. The summed E-state index contributed by atoms with van der Waals surface area (Å²) in [5.74, 6) is 0.602. The molecule has 1 amide bonds. The fourth-order valence-electron chi connectivity index (χ4n) is 2.01. The van der Waals surface area contributed by atoms with Crippen LogP contribution in [0.3, 0.4) is 0 Å². The van der Waals surface area contributed by atoms with Gasteiger partial charge in [-0.3, -0.25) is 4.79 Å². The van der Waals surface area contributed by atoms with Crippen LogP contribution >= 0.6 is 23.3 Å². The summed E-state index contributed by atoms with van der Waals surface area (Å²) in [7, 11) is 0. The smallest absolute Gasteiger partial charge is 0.289 e. The van der Waals surface area contributed by atoms with Crippen LogP contribution in [0.2, 0.25) is 0 Å². The number of rotatable bonds is 1. The molecule has 0 saturated carbocycles. The molecule has 1 aromatic rings. The highest BCUT2D eigenvalue weighted by atomic mass is 32.2. The van der Waals surface area contributed by atoms with Gasteiger partial charge in [0.25, 0.3) is 5.24 Å². The number of thioether (sulfide) groups is 1. The van der Waals surface area contributed by atoms with Crippen LogP contribution in [0.25, 0.3) is 0 Å². The molecule has 2 rings (SSSR count). The summed E-state index contributed by atoms with van der Waals surface area (Å²) in [6.07, 6.45) is 1.09. The molecule has 6 heteroatoms. The van der Waals surface area contributed by atoms with E-state index in [4.69, 9.17) is 0 Å². The van der Waals surface area contributed by atoms with Gasteiger partial charge in [-0.05, 0) is 37.7 Å². The van der Waals surface area contributed by atoms with Crippen molar-refractivity contribution in [2.24, 2.45) is 5.92 Å². The molecule has 0 radical (unpaired) electrons. The maximum absolute atomic E-state index is 12.0. The first-order valence-corrected chi connectivity index (χ1v) is 6.94. The minimum Gasteiger partial charge on any atom is -0.330 e. The summed E-state index contributed by atoms with van der Waals surface area (Å²) < 4.78 is 4.12. The normalized spacial score (nSPS) is 25.1. The van der Waals surface area contributed by atoms with Crippen molar-refractivity contribution < 1.29 is 4.79 Å². The van der Waals surface area contributed by atoms with Crippen molar-refractivity contribution in [1.82, 2.24) is 14.3 Å². The second-order valence-electron chi connectivity index (χ2n) is 4.31. The lowest BCUT2D eigenvalue weighted by Crippen LogP contribution is -2.30. The molecule has 1 aliphatic rings. The van der Waals surface area contributed by atoms with Crippen LogP contribution < -0.4 is 0 Å². The summed E-state index contributed by atoms with van der Waals surface area (Å²) in [6, 6.07) is 0.342. The standard InChI is InChI=1S/C10H15N3OS2/c1-6-4-7(2)13(5-6)10(14)15-9-11-8(3)16-12-9/h6-7H,4-5H2,1-3H3. The van der Waals surface area contributed by atoms with Gasteiger partial charge in [0.1, 0.15) is 5.01 Å². The molecule has 0 spiro atoms. The molecule has 0 aromatic carbocycles. The van der Waals surface area contributed by atoms with Crippen molar-refractivity contribution in [1.29, 1.82) is 0 Å². The van der Waals surface area contributed by atoms with Gasteiger partial charge in [-0.2, -0.15) is 4.37 Å². The maximum atomic E-state index is 12.0. The first-order valence-electron chi connectivity index (χ1n) is 5.35. The molecule has 1 saturated heterocycles. The van der Waals surface area contributed by atoms with E-state index in [1.54, 1.807) is 0 Å². The quantitative estimate of drug-likeness (QED) is 0.726. The van der Waals surface area contributed by atoms with Crippen molar-refractivity contribution in [3.8, 4) is 0 Å². The SMILES string of the molecule is Cc1nc(SC(=O)N2CC(C)CC2C)ns1. The molecule has 1 fully saturated rings. The Kier molecular flexibility index (Phi) is 3.49. The van der Waals surface area contributed by atoms with E-state index in [0.29, 0.717) is 17.1 Å². The summed E-state index contributed by atoms with van der Waals surface area (Å²) >= 11 is 2.48. The Morgan fingerprint density at radius 2 is 2.31 bits per heavy atom. The van der Waals surface area contributed by atoms with Gasteiger partial charge < -0.3 is 4.90 Å². The second-order valence-corrected chi connectivity index (χ2v) is 6.18. The Morgan fingerprint density at radius 1 is 1.56 bits per heavy atom. The molecule has 88 valence electrons. The summed E-state index contributed by atoms with van der Waals surface area (Å²) in [5, 5.41) is 1.56. The third kappa shape index (κ3) is 2.55. The van der Waals surface area contributed by atoms with Crippen molar-refractivity contribution in [3.63, 3.8) is 0 Å². The zero-order chi connectivity index (χ0) is 11.7. The van der Waals surface area contributed by atoms with Crippen LogP contribution in [-0.2, 0) is 0 Å². The Balaban J connectivity index is 1.98. The van der Waals surface area contributed by atoms with E-state index in [-0.39, 0.29) is 5.24 Å². The summed E-state index contributed by atoms with van der Waals surface area (Å²) in [4.78, 5) is 18.1. The third-order valence-corrected chi connectivity index (χ3v) is 4.22. The highest BCUT2D eigenvalue weighted by Crippen LogP contribution is 2.28. The van der Waals surface area contributed by atoms with Crippen molar-refractivity contribution in [2.45, 2.75) is 38.4 Å². The molecule has 2 unspecified atom stereocenters. The van der Waals surface area contributed by atoms with E-state index < -0.39 is 0 Å². The number of nitrogens with zero attached hydrogens (tertiary/aromatic N) is 3. The summed E-state index contributed by atoms with van der Waals surface area (Å²) in [6.45, 7) is 7.03. The third-order valence-electron chi connectivity index (χ3n) is 2.71. The lowest BCUT2D eigenvalue weighted by atomic mass is 10.1. The molecule has 1 aromatic heterocycles. The minimum absolute atomic E-state index is 0.0784. The average molecular weight is 257 g/mol. The van der Waals surface area contributed by atoms with Crippen LogP contribution in [0.1, 0.15) is 25.3 Å². The Bertz CT molecular complexity index is 393. The van der Waals surface area contributed by atoms with Gasteiger partial charge in [-0.1, -0.05) is 6.92 Å². The molecule has 0 aliphatic carbocycles. The van der Waals surface area contributed by atoms with Crippen LogP contribution in [0.5, 0.6) is 0 Å². The first kappa shape index (κ1) is 11.9. The van der Waals surface area contributed by atoms with E-state index in [1.165, 1.54) is 11.5 Å². The first-order chi connectivity index (χ1) is 7.56. The lowest BCUT2D eigenvalue weighted by Gasteiger charge is -2.19. The number of likely N-dealkylation sites (tertiary alicyclic amines) is 1. The Labute approximate surface area is 104 Å². The van der Waals surface area contributed by atoms with E-state index in [0.717, 1.165) is 29.7 Å². The molecular weight excluding hydrogens is 242 g/mol. The van der Waals surface area contributed by atoms with E-state index >= 15 is 0 Å². The molecule has 1 aliphatic heterocycles. The maximum Gasteiger partial charge on any atom is 0.289 e. The number of aromatic nitrogens is 2. The van der Waals surface area contributed by atoms with Gasteiger partial charge in [0, 0.05) is 24.3 Å². The fourth-order valence-corrected chi connectivity index (χ4v) is 3.42. The number of aryl methyl sites for hydroxylation is 1. The Morgan fingerprint density at radius 3 is 2.81 bits per heavy atom. The molecule has 0 N–H and O–H groups in total. The predicted octanol–water partition coefficient (Wildman–Crippen LogP) is 2.79. The highest BCUT2D eigenvalue weighted by molar-refractivity contribution is 8.13. The van der Waals surface area contributed by atoms with E-state index in [9.17, 15) is 4.79 Å². The Hall–Kier alpha value is -0.620. The molecule has 2 heterocycles. The topological polar surface area (TPSA) is 46.1 Å². The molecular formula is C10H15N3OS2. The molecule has 2 atom stereocenters. The van der Waals surface area contributed by atoms with Crippen LogP contribution in [-0.4, -0.2) is 32.1 Å². The van der Waals surface area contributed by atoms with E-state index in [2.05, 4.69) is 23.2 Å². The fraction of sp³-hybridized carbons (Fsp3) is 0.700. The van der Waals surface area contributed by atoms with E-state index in [1.807, 2.05) is 11.8 Å². The zero-order valence-electron chi connectivity index (χ0n) is 9.64. The van der Waals surface area contributed by atoms with Crippen LogP contribution in [0.15, 0.2) is 5.16 Å². The van der Waals surface area contributed by atoms with Gasteiger partial charge in [0.05, 0.1) is 0 Å². The van der Waals surface area contributed by atoms with Crippen LogP contribution in [0.4, 0.5) is 4.79 Å². The average Bonchev–Trinajstić information content (AvgIpc) is 2.73. The molecule has 16 heavy (non-hydrogen) atoms. The monoisotopic (exact) mass is 257 g/mol. The zero-order valence-corrected chi connectivity index (χ0v) is 11.3. The van der Waals surface area contributed by atoms with Gasteiger partial charge in [0.2, 0.25) is 5.16 Å². The molecule has 0 bridgehead atoms. The number of amides is 1. The van der Waals surface area contributed by atoms with Crippen molar-refractivity contribution in [3.05, 3.63) is 5.01 Å². The molecule has 4 nitrogen and oxygen atoms in total. The number of carbonyl (C=O) groups excluding carboxylic acids is 1. The largest absolute Gasteiger partial charge is 0.330 e. The van der Waals surface area contributed by atoms with Gasteiger partial charge in [-0.15, -0.1) is 0 Å². The highest BCUT2D eigenvalue weighted by Gasteiger charge is 2.30. The number of carbonyl (C=O) groups is 1. The van der Waals surface area contributed by atoms with Gasteiger partial charge >= 0.3 is 0 Å². The number of hydrogen-bond acceptors (Lipinski definition) is 5. The van der Waals surface area contributed by atoms with Gasteiger partial charge in [-0.25, -0.2) is 4.98 Å². The van der Waals surface area contributed by atoms with Gasteiger partial charge in [0.15, 0.2) is 0 Å². The minimum atomic E-state index is 0.0784. The lowest BCUT2D eigenvalue weighted by molar-refractivity contribution is 0.220. The summed E-state index contributed by atoms with van der Waals surface area (Å²) in [5.41, 5.74) is 0. The van der Waals surface area contributed by atoms with Crippen LogP contribution in [0, 0.1) is 12.8 Å². The number of hydrogen-bond donors (Lipinski definition) is 0. The second kappa shape index (κ2) is 4.71. The van der Waals surface area contributed by atoms with Crippen molar-refractivity contribution >= 4 is 28.5 Å². The van der Waals surface area contributed by atoms with Crippen molar-refractivity contribution in [2.75, 3.05) is 6.54 Å².